The quantitative estimate of drug-likeness (QED) is 0.851. The summed E-state index contributed by atoms with van der Waals surface area (Å²) >= 11 is 12.0. The second-order valence-corrected chi connectivity index (χ2v) is 6.68. The second kappa shape index (κ2) is 6.19. The molecule has 0 saturated carbocycles. The van der Waals surface area contributed by atoms with Crippen molar-refractivity contribution in [1.82, 2.24) is 4.90 Å². The fourth-order valence-corrected chi connectivity index (χ4v) is 3.60. The normalized spacial score (nSPS) is 26.7. The van der Waals surface area contributed by atoms with Crippen molar-refractivity contribution in [2.45, 2.75) is 6.42 Å². The van der Waals surface area contributed by atoms with Crippen LogP contribution in [-0.2, 0) is 9.53 Å². The molecule has 2 atom stereocenters. The largest absolute Gasteiger partial charge is 0.481 e. The first-order valence-corrected chi connectivity index (χ1v) is 8.01. The van der Waals surface area contributed by atoms with Gasteiger partial charge in [0.15, 0.2) is 0 Å². The second-order valence-electron chi connectivity index (χ2n) is 5.90. The summed E-state index contributed by atoms with van der Waals surface area (Å²) in [7, 11) is 0. The minimum atomic E-state index is -0.923. The Labute approximate surface area is 143 Å². The molecule has 0 bridgehead atoms. The SMILES string of the molecule is O=C(Nc1cccc(Cl)c1Cl)N1C[C@@H]2COCC[C@]2(C(=O)O)C1. The number of carboxylic acids is 1. The van der Waals surface area contributed by atoms with Crippen molar-refractivity contribution in [1.29, 1.82) is 0 Å². The predicted molar refractivity (Wildman–Crippen MR) is 86.0 cm³/mol. The first kappa shape index (κ1) is 16.4. The average molecular weight is 359 g/mol. The summed E-state index contributed by atoms with van der Waals surface area (Å²) in [5.74, 6) is -1.07. The lowest BCUT2D eigenvalue weighted by atomic mass is 9.74. The molecule has 2 fully saturated rings. The number of carbonyl (C=O) groups excluding carboxylic acids is 1. The van der Waals surface area contributed by atoms with Crippen LogP contribution in [-0.4, -0.2) is 48.3 Å². The van der Waals surface area contributed by atoms with E-state index in [1.165, 1.54) is 4.90 Å². The van der Waals surface area contributed by atoms with E-state index in [1.54, 1.807) is 18.2 Å². The van der Waals surface area contributed by atoms with Gasteiger partial charge in [0.1, 0.15) is 0 Å². The number of halogens is 2. The van der Waals surface area contributed by atoms with Crippen LogP contribution < -0.4 is 5.32 Å². The van der Waals surface area contributed by atoms with Crippen molar-refractivity contribution in [2.75, 3.05) is 31.6 Å². The third kappa shape index (κ3) is 2.86. The molecule has 2 heterocycles. The van der Waals surface area contributed by atoms with Crippen molar-refractivity contribution in [3.63, 3.8) is 0 Å². The molecule has 23 heavy (non-hydrogen) atoms. The summed E-state index contributed by atoms with van der Waals surface area (Å²) in [4.78, 5) is 25.7. The first-order chi connectivity index (χ1) is 10.9. The van der Waals surface area contributed by atoms with E-state index >= 15 is 0 Å². The van der Waals surface area contributed by atoms with E-state index < -0.39 is 11.4 Å². The van der Waals surface area contributed by atoms with Crippen LogP contribution in [0.25, 0.3) is 0 Å². The standard InChI is InChI=1S/C15H16Cl2N2O4/c16-10-2-1-3-11(12(10)17)18-14(22)19-6-9-7-23-5-4-15(9,8-19)13(20)21/h1-3,9H,4-8H2,(H,18,22)(H,20,21)/t9-,15+/m1/s1. The molecule has 2 amide bonds. The number of anilines is 1. The number of benzene rings is 1. The number of ether oxygens (including phenoxy) is 1. The number of urea groups is 1. The number of aliphatic carboxylic acids is 1. The van der Waals surface area contributed by atoms with E-state index in [-0.39, 0.29) is 23.5 Å². The van der Waals surface area contributed by atoms with Crippen LogP contribution >= 0.6 is 23.2 Å². The molecule has 0 aromatic heterocycles. The number of fused-ring (bicyclic) bond motifs is 1. The Hall–Kier alpha value is -1.50. The molecule has 124 valence electrons. The summed E-state index contributed by atoms with van der Waals surface area (Å²) in [5, 5.41) is 12.9. The van der Waals surface area contributed by atoms with Crippen LogP contribution in [0.3, 0.4) is 0 Å². The Morgan fingerprint density at radius 3 is 2.87 bits per heavy atom. The van der Waals surface area contributed by atoms with Crippen LogP contribution in [0.15, 0.2) is 18.2 Å². The molecule has 6 nitrogen and oxygen atoms in total. The first-order valence-electron chi connectivity index (χ1n) is 7.25. The van der Waals surface area contributed by atoms with E-state index in [9.17, 15) is 14.7 Å². The molecule has 1 aromatic rings. The van der Waals surface area contributed by atoms with Crippen molar-refractivity contribution in [3.8, 4) is 0 Å². The Morgan fingerprint density at radius 2 is 2.17 bits per heavy atom. The van der Waals surface area contributed by atoms with Crippen molar-refractivity contribution < 1.29 is 19.4 Å². The van der Waals surface area contributed by atoms with Gasteiger partial charge in [-0.15, -0.1) is 0 Å². The lowest BCUT2D eigenvalue weighted by molar-refractivity contribution is -0.157. The van der Waals surface area contributed by atoms with Crippen LogP contribution in [0.2, 0.25) is 10.0 Å². The van der Waals surface area contributed by atoms with E-state index in [0.29, 0.717) is 36.9 Å². The molecule has 2 N–H and O–H groups in total. The number of hydrogen-bond donors (Lipinski definition) is 2. The maximum atomic E-state index is 12.5. The van der Waals surface area contributed by atoms with Gasteiger partial charge in [0, 0.05) is 25.6 Å². The number of hydrogen-bond acceptors (Lipinski definition) is 3. The van der Waals surface area contributed by atoms with Gasteiger partial charge in [-0.1, -0.05) is 29.3 Å². The summed E-state index contributed by atoms with van der Waals surface area (Å²) < 4.78 is 5.38. The highest BCUT2D eigenvalue weighted by Crippen LogP contribution is 2.42. The summed E-state index contributed by atoms with van der Waals surface area (Å²) in [6.45, 7) is 1.27. The molecule has 0 unspecified atom stereocenters. The Morgan fingerprint density at radius 1 is 1.39 bits per heavy atom. The lowest BCUT2D eigenvalue weighted by Crippen LogP contribution is -2.45. The number of carbonyl (C=O) groups is 2. The summed E-state index contributed by atoms with van der Waals surface area (Å²) in [5.41, 5.74) is -0.520. The Bertz CT molecular complexity index is 654. The highest BCUT2D eigenvalue weighted by atomic mass is 35.5. The van der Waals surface area contributed by atoms with Crippen LogP contribution in [0.5, 0.6) is 0 Å². The van der Waals surface area contributed by atoms with Crippen molar-refractivity contribution in [2.24, 2.45) is 11.3 Å². The zero-order valence-corrected chi connectivity index (χ0v) is 13.7. The third-order valence-corrected chi connectivity index (χ3v) is 5.43. The topological polar surface area (TPSA) is 78.9 Å². The molecule has 0 spiro atoms. The molecule has 0 aliphatic carbocycles. The zero-order chi connectivity index (χ0) is 16.6. The molecule has 1 aromatic carbocycles. The van der Waals surface area contributed by atoms with Gasteiger partial charge in [-0.25, -0.2) is 4.79 Å². The van der Waals surface area contributed by atoms with Gasteiger partial charge in [-0.3, -0.25) is 4.79 Å². The molecule has 2 aliphatic heterocycles. The fourth-order valence-electron chi connectivity index (χ4n) is 3.25. The fraction of sp³-hybridized carbons (Fsp3) is 0.467. The summed E-state index contributed by atoms with van der Waals surface area (Å²) in [6, 6.07) is 4.57. The van der Waals surface area contributed by atoms with E-state index in [1.807, 2.05) is 0 Å². The Kier molecular flexibility index (Phi) is 4.40. The van der Waals surface area contributed by atoms with Gasteiger partial charge in [0.25, 0.3) is 0 Å². The average Bonchev–Trinajstić information content (AvgIpc) is 2.93. The molecule has 2 aliphatic rings. The number of nitrogens with zero attached hydrogens (tertiary/aromatic N) is 1. The number of rotatable bonds is 2. The molecule has 3 rings (SSSR count). The third-order valence-electron chi connectivity index (χ3n) is 4.61. The maximum absolute atomic E-state index is 12.5. The molecule has 2 saturated heterocycles. The highest BCUT2D eigenvalue weighted by molar-refractivity contribution is 6.43. The van der Waals surface area contributed by atoms with Crippen molar-refractivity contribution >= 4 is 40.9 Å². The van der Waals surface area contributed by atoms with Gasteiger partial charge in [0.2, 0.25) is 0 Å². The highest BCUT2D eigenvalue weighted by Gasteiger charge is 2.54. The van der Waals surface area contributed by atoms with Gasteiger partial charge >= 0.3 is 12.0 Å². The number of nitrogens with one attached hydrogen (secondary N) is 1. The van der Waals surface area contributed by atoms with E-state index in [4.69, 9.17) is 27.9 Å². The number of amides is 2. The smallest absolute Gasteiger partial charge is 0.321 e. The van der Waals surface area contributed by atoms with Gasteiger partial charge in [-0.05, 0) is 18.6 Å². The van der Waals surface area contributed by atoms with Crippen molar-refractivity contribution in [3.05, 3.63) is 28.2 Å². The molecular formula is C15H16Cl2N2O4. The van der Waals surface area contributed by atoms with E-state index in [2.05, 4.69) is 5.32 Å². The van der Waals surface area contributed by atoms with Gasteiger partial charge in [0.05, 0.1) is 27.8 Å². The van der Waals surface area contributed by atoms with Gasteiger partial charge < -0.3 is 20.1 Å². The minimum Gasteiger partial charge on any atom is -0.481 e. The monoisotopic (exact) mass is 358 g/mol. The summed E-state index contributed by atoms with van der Waals surface area (Å²) in [6.07, 6.45) is 0.411. The molecule has 0 radical (unpaired) electrons. The zero-order valence-electron chi connectivity index (χ0n) is 12.2. The Balaban J connectivity index is 1.76. The van der Waals surface area contributed by atoms with Crippen LogP contribution in [0.4, 0.5) is 10.5 Å². The van der Waals surface area contributed by atoms with Crippen LogP contribution in [0, 0.1) is 11.3 Å². The lowest BCUT2D eigenvalue weighted by Gasteiger charge is -2.33. The van der Waals surface area contributed by atoms with E-state index in [0.717, 1.165) is 0 Å². The molecule has 8 heteroatoms. The number of likely N-dealkylation sites (tertiary alicyclic amines) is 1. The molecular weight excluding hydrogens is 343 g/mol. The van der Waals surface area contributed by atoms with Crippen LogP contribution in [0.1, 0.15) is 6.42 Å². The number of carboxylic acid groups (broad SMARTS) is 1. The maximum Gasteiger partial charge on any atom is 0.321 e. The predicted octanol–water partition coefficient (Wildman–Crippen LogP) is 2.95. The van der Waals surface area contributed by atoms with Gasteiger partial charge in [-0.2, -0.15) is 0 Å². The minimum absolute atomic E-state index is 0.167.